The van der Waals surface area contributed by atoms with Crippen molar-refractivity contribution in [3.8, 4) is 11.8 Å². The molecule has 4 rings (SSSR count). The lowest BCUT2D eigenvalue weighted by molar-refractivity contribution is -0.137. The lowest BCUT2D eigenvalue weighted by Crippen LogP contribution is -2.44. The predicted molar refractivity (Wildman–Crippen MR) is 119 cm³/mol. The van der Waals surface area contributed by atoms with Gasteiger partial charge in [0.25, 0.3) is 5.91 Å². The summed E-state index contributed by atoms with van der Waals surface area (Å²) in [4.78, 5) is 15.9. The monoisotopic (exact) mass is 476 g/mol. The van der Waals surface area contributed by atoms with Crippen LogP contribution in [0.2, 0.25) is 0 Å². The molecule has 0 aromatic heterocycles. The minimum absolute atomic E-state index is 0.00717. The standard InChI is InChI=1S/C22H19F3N4O3S/c1-21(2)19(31)28(13-4-3-12(9-26)16(7-13)22(23,24)25)20(33)29(21)14-5-6-18-17(8-14)27-10-15(11-30)32-18/h3-8,15,27,30H,10-11H2,1-2H3/t15-/m0/s1. The van der Waals surface area contributed by atoms with Gasteiger partial charge in [0, 0.05) is 5.69 Å². The number of carbonyl (C=O) groups excluding carboxylic acids is 1. The molecule has 1 atom stereocenters. The van der Waals surface area contributed by atoms with Gasteiger partial charge in [0.2, 0.25) is 0 Å². The van der Waals surface area contributed by atoms with Gasteiger partial charge in [-0.1, -0.05) is 0 Å². The Kier molecular flexibility index (Phi) is 5.46. The number of hydrogen-bond acceptors (Lipinski definition) is 6. The zero-order chi connectivity index (χ0) is 24.1. The minimum atomic E-state index is -4.77. The van der Waals surface area contributed by atoms with Gasteiger partial charge in [0.15, 0.2) is 5.11 Å². The van der Waals surface area contributed by atoms with Crippen molar-refractivity contribution in [2.24, 2.45) is 0 Å². The number of aliphatic hydroxyl groups is 1. The number of hydrogen-bond donors (Lipinski definition) is 2. The number of aliphatic hydroxyl groups excluding tert-OH is 1. The summed E-state index contributed by atoms with van der Waals surface area (Å²) in [7, 11) is 0. The van der Waals surface area contributed by atoms with Gasteiger partial charge in [-0.2, -0.15) is 18.4 Å². The fourth-order valence-electron chi connectivity index (χ4n) is 3.90. The van der Waals surface area contributed by atoms with Crippen LogP contribution in [0.15, 0.2) is 36.4 Å². The molecule has 2 aliphatic heterocycles. The molecule has 172 valence electrons. The number of rotatable bonds is 3. The highest BCUT2D eigenvalue weighted by molar-refractivity contribution is 7.81. The van der Waals surface area contributed by atoms with Gasteiger partial charge in [0.1, 0.15) is 17.4 Å². The lowest BCUT2D eigenvalue weighted by atomic mass is 10.0. The second-order valence-electron chi connectivity index (χ2n) is 8.14. The first-order valence-electron chi connectivity index (χ1n) is 9.94. The number of nitrogens with zero attached hydrogens (tertiary/aromatic N) is 3. The van der Waals surface area contributed by atoms with Crippen molar-refractivity contribution < 1.29 is 27.8 Å². The summed E-state index contributed by atoms with van der Waals surface area (Å²) in [6.45, 7) is 3.49. The quantitative estimate of drug-likeness (QED) is 0.654. The van der Waals surface area contributed by atoms with Crippen molar-refractivity contribution in [3.63, 3.8) is 0 Å². The number of nitriles is 1. The van der Waals surface area contributed by atoms with Crippen molar-refractivity contribution in [2.45, 2.75) is 31.7 Å². The smallest absolute Gasteiger partial charge is 0.417 e. The highest BCUT2D eigenvalue weighted by Gasteiger charge is 2.51. The van der Waals surface area contributed by atoms with Gasteiger partial charge in [-0.15, -0.1) is 0 Å². The molecule has 0 saturated carbocycles. The number of anilines is 3. The molecule has 2 aliphatic rings. The normalized spacial score (nSPS) is 19.6. The third kappa shape index (κ3) is 3.75. The van der Waals surface area contributed by atoms with Crippen molar-refractivity contribution in [1.29, 1.82) is 5.26 Å². The summed E-state index contributed by atoms with van der Waals surface area (Å²) in [6, 6.07) is 9.68. The molecule has 11 heteroatoms. The van der Waals surface area contributed by atoms with E-state index in [1.807, 2.05) is 0 Å². The van der Waals surface area contributed by atoms with Crippen LogP contribution >= 0.6 is 12.2 Å². The molecule has 1 amide bonds. The number of carbonyl (C=O) groups is 1. The molecule has 7 nitrogen and oxygen atoms in total. The topological polar surface area (TPSA) is 88.8 Å². The highest BCUT2D eigenvalue weighted by atomic mass is 32.1. The molecule has 33 heavy (non-hydrogen) atoms. The molecule has 2 aromatic carbocycles. The zero-order valence-corrected chi connectivity index (χ0v) is 18.4. The van der Waals surface area contributed by atoms with Crippen molar-refractivity contribution >= 4 is 40.3 Å². The molecule has 2 aromatic rings. The summed E-state index contributed by atoms with van der Waals surface area (Å²) in [5.41, 5.74) is -1.76. The maximum Gasteiger partial charge on any atom is 0.417 e. The van der Waals surface area contributed by atoms with E-state index in [0.29, 0.717) is 23.7 Å². The number of benzene rings is 2. The molecule has 1 saturated heterocycles. The summed E-state index contributed by atoms with van der Waals surface area (Å²) < 4.78 is 46.1. The van der Waals surface area contributed by atoms with Crippen molar-refractivity contribution in [2.75, 3.05) is 28.3 Å². The van der Waals surface area contributed by atoms with Crippen LogP contribution in [-0.4, -0.2) is 40.9 Å². The molecular weight excluding hydrogens is 457 g/mol. The number of thiocarbonyl (C=S) groups is 1. The molecule has 1 fully saturated rings. The number of nitrogens with one attached hydrogen (secondary N) is 1. The first-order valence-corrected chi connectivity index (χ1v) is 10.4. The van der Waals surface area contributed by atoms with Crippen LogP contribution in [0.1, 0.15) is 25.0 Å². The van der Waals surface area contributed by atoms with Crippen LogP contribution < -0.4 is 19.9 Å². The molecule has 0 spiro atoms. The lowest BCUT2D eigenvalue weighted by Gasteiger charge is -2.32. The second kappa shape index (κ2) is 7.90. The Balaban J connectivity index is 1.74. The van der Waals surface area contributed by atoms with Gasteiger partial charge in [-0.3, -0.25) is 9.69 Å². The Morgan fingerprint density at radius 2 is 1.97 bits per heavy atom. The van der Waals surface area contributed by atoms with E-state index in [2.05, 4.69) is 5.32 Å². The number of halogens is 3. The highest BCUT2D eigenvalue weighted by Crippen LogP contribution is 2.41. The second-order valence-corrected chi connectivity index (χ2v) is 8.51. The number of fused-ring (bicyclic) bond motifs is 1. The van der Waals surface area contributed by atoms with E-state index in [1.165, 1.54) is 12.1 Å². The Labute approximate surface area is 193 Å². The average Bonchev–Trinajstić information content (AvgIpc) is 2.95. The van der Waals surface area contributed by atoms with Gasteiger partial charge in [0.05, 0.1) is 41.7 Å². The first-order chi connectivity index (χ1) is 15.5. The molecule has 2 N–H and O–H groups in total. The van der Waals surface area contributed by atoms with E-state index in [-0.39, 0.29) is 23.5 Å². The SMILES string of the molecule is CC1(C)C(=O)N(c2ccc(C#N)c(C(F)(F)F)c2)C(=S)N1c1ccc2c(c1)NC[C@@H](CO)O2. The fraction of sp³-hybridized carbons (Fsp3) is 0.318. The minimum Gasteiger partial charge on any atom is -0.484 e. The van der Waals surface area contributed by atoms with Crippen LogP contribution in [0.3, 0.4) is 0 Å². The molecule has 0 aliphatic carbocycles. The van der Waals surface area contributed by atoms with Crippen LogP contribution in [0, 0.1) is 11.3 Å². The Morgan fingerprint density at radius 1 is 1.27 bits per heavy atom. The molecule has 2 heterocycles. The fourth-order valence-corrected chi connectivity index (χ4v) is 4.43. The van der Waals surface area contributed by atoms with Gasteiger partial charge in [-0.25, -0.2) is 0 Å². The van der Waals surface area contributed by atoms with E-state index in [9.17, 15) is 23.1 Å². The first kappa shape index (κ1) is 22.8. The van der Waals surface area contributed by atoms with E-state index in [1.54, 1.807) is 36.9 Å². The van der Waals surface area contributed by atoms with Crippen molar-refractivity contribution in [1.82, 2.24) is 0 Å². The predicted octanol–water partition coefficient (Wildman–Crippen LogP) is 3.66. The number of alkyl halides is 3. The van der Waals surface area contributed by atoms with Gasteiger partial charge < -0.3 is 20.1 Å². The summed E-state index contributed by atoms with van der Waals surface area (Å²) >= 11 is 5.54. The number of amides is 1. The maximum absolute atomic E-state index is 13.5. The third-order valence-corrected chi connectivity index (χ3v) is 5.96. The Hall–Kier alpha value is -3.36. The molecule has 0 bridgehead atoms. The van der Waals surface area contributed by atoms with Gasteiger partial charge in [-0.05, 0) is 62.5 Å². The molecular formula is C22H19F3N4O3S. The van der Waals surface area contributed by atoms with E-state index < -0.39 is 28.7 Å². The maximum atomic E-state index is 13.5. The summed E-state index contributed by atoms with van der Waals surface area (Å²) in [5, 5.41) is 21.5. The van der Waals surface area contributed by atoms with Crippen LogP contribution in [-0.2, 0) is 11.0 Å². The van der Waals surface area contributed by atoms with Gasteiger partial charge >= 0.3 is 6.18 Å². The molecule has 0 unspecified atom stereocenters. The summed E-state index contributed by atoms with van der Waals surface area (Å²) in [5.74, 6) is 0.0182. The third-order valence-electron chi connectivity index (χ3n) is 5.59. The van der Waals surface area contributed by atoms with Crippen LogP contribution in [0.25, 0.3) is 0 Å². The van der Waals surface area contributed by atoms with Crippen LogP contribution in [0.4, 0.5) is 30.2 Å². The Bertz CT molecular complexity index is 1190. The summed E-state index contributed by atoms with van der Waals surface area (Å²) in [6.07, 6.45) is -5.15. The van der Waals surface area contributed by atoms with E-state index in [4.69, 9.17) is 22.2 Å². The van der Waals surface area contributed by atoms with E-state index >= 15 is 0 Å². The average molecular weight is 476 g/mol. The van der Waals surface area contributed by atoms with E-state index in [0.717, 1.165) is 17.0 Å². The van der Waals surface area contributed by atoms with Crippen LogP contribution in [0.5, 0.6) is 5.75 Å². The Morgan fingerprint density at radius 3 is 2.61 bits per heavy atom. The van der Waals surface area contributed by atoms with Crippen molar-refractivity contribution in [3.05, 3.63) is 47.5 Å². The molecule has 0 radical (unpaired) electrons. The zero-order valence-electron chi connectivity index (χ0n) is 17.6. The number of ether oxygens (including phenoxy) is 1. The largest absolute Gasteiger partial charge is 0.484 e.